The van der Waals surface area contributed by atoms with Crippen LogP contribution < -0.4 is 9.64 Å². The molecule has 1 unspecified atom stereocenters. The number of alkyl halides is 3. The number of hydrogen-bond acceptors (Lipinski definition) is 4. The van der Waals surface area contributed by atoms with Crippen molar-refractivity contribution in [2.75, 3.05) is 11.9 Å². The highest BCUT2D eigenvalue weighted by Gasteiger charge is 2.37. The van der Waals surface area contributed by atoms with Gasteiger partial charge < -0.3 is 9.64 Å². The molecule has 1 atom stereocenters. The van der Waals surface area contributed by atoms with Crippen LogP contribution in [-0.2, 0) is 6.18 Å². The molecule has 0 aliphatic heterocycles. The maximum atomic E-state index is 13.5. The molecule has 1 aromatic heterocycles. The van der Waals surface area contributed by atoms with E-state index in [1.807, 2.05) is 38.1 Å². The standard InChI is InChI=1S/C22H28F3N3O/c1-4-15(2)29-21-26-14-19(22(23,24)25)20(27-21)28(3)18-12-10-17(11-13-18)16-8-6-5-7-9-16/h10-16H,4-9H2,1-3H3. The van der Waals surface area contributed by atoms with Crippen molar-refractivity contribution in [2.24, 2.45) is 0 Å². The van der Waals surface area contributed by atoms with Gasteiger partial charge in [-0.05, 0) is 49.8 Å². The molecule has 0 amide bonds. The maximum absolute atomic E-state index is 13.5. The molecule has 1 aliphatic rings. The van der Waals surface area contributed by atoms with Gasteiger partial charge in [0.15, 0.2) is 5.82 Å². The molecule has 7 heteroatoms. The Balaban J connectivity index is 1.89. The first-order chi connectivity index (χ1) is 13.8. The van der Waals surface area contributed by atoms with E-state index in [0.717, 1.165) is 6.20 Å². The van der Waals surface area contributed by atoms with E-state index in [9.17, 15) is 13.2 Å². The third-order valence-corrected chi connectivity index (χ3v) is 5.61. The highest BCUT2D eigenvalue weighted by Crippen LogP contribution is 2.39. The Morgan fingerprint density at radius 3 is 2.38 bits per heavy atom. The summed E-state index contributed by atoms with van der Waals surface area (Å²) in [6, 6.07) is 7.72. The Morgan fingerprint density at radius 2 is 1.79 bits per heavy atom. The summed E-state index contributed by atoms with van der Waals surface area (Å²) in [5.41, 5.74) is 1.01. The normalized spacial score (nSPS) is 16.5. The molecule has 1 aliphatic carbocycles. The van der Waals surface area contributed by atoms with Gasteiger partial charge in [-0.25, -0.2) is 4.98 Å². The summed E-state index contributed by atoms with van der Waals surface area (Å²) in [7, 11) is 1.58. The zero-order valence-corrected chi connectivity index (χ0v) is 17.2. The fraction of sp³-hybridized carbons (Fsp3) is 0.545. The molecule has 1 heterocycles. The van der Waals surface area contributed by atoms with Crippen molar-refractivity contribution in [3.8, 4) is 6.01 Å². The lowest BCUT2D eigenvalue weighted by Crippen LogP contribution is -2.20. The summed E-state index contributed by atoms with van der Waals surface area (Å²) in [6.07, 6.45) is 2.88. The molecule has 1 saturated carbocycles. The lowest BCUT2D eigenvalue weighted by atomic mass is 9.84. The van der Waals surface area contributed by atoms with Crippen LogP contribution in [0.15, 0.2) is 30.5 Å². The van der Waals surface area contributed by atoms with Crippen LogP contribution in [0.5, 0.6) is 6.01 Å². The maximum Gasteiger partial charge on any atom is 0.421 e. The fourth-order valence-corrected chi connectivity index (χ4v) is 3.66. The van der Waals surface area contributed by atoms with Gasteiger partial charge >= 0.3 is 12.2 Å². The largest absolute Gasteiger partial charge is 0.460 e. The van der Waals surface area contributed by atoms with E-state index in [1.54, 1.807) is 7.05 Å². The molecular weight excluding hydrogens is 379 g/mol. The minimum absolute atomic E-state index is 0.0481. The molecule has 29 heavy (non-hydrogen) atoms. The minimum Gasteiger partial charge on any atom is -0.460 e. The minimum atomic E-state index is -4.56. The van der Waals surface area contributed by atoms with Gasteiger partial charge in [-0.3, -0.25) is 0 Å². The third kappa shape index (κ3) is 5.19. The Labute approximate surface area is 170 Å². The number of halogens is 3. The third-order valence-electron chi connectivity index (χ3n) is 5.61. The van der Waals surface area contributed by atoms with E-state index < -0.39 is 11.7 Å². The van der Waals surface area contributed by atoms with Crippen molar-refractivity contribution in [1.82, 2.24) is 9.97 Å². The highest BCUT2D eigenvalue weighted by molar-refractivity contribution is 5.63. The SMILES string of the molecule is CCC(C)Oc1ncc(C(F)(F)F)c(N(C)c2ccc(C3CCCCC3)cc2)n1. The lowest BCUT2D eigenvalue weighted by molar-refractivity contribution is -0.137. The van der Waals surface area contributed by atoms with Crippen molar-refractivity contribution in [3.63, 3.8) is 0 Å². The summed E-state index contributed by atoms with van der Waals surface area (Å²) >= 11 is 0. The van der Waals surface area contributed by atoms with Gasteiger partial charge in [-0.15, -0.1) is 0 Å². The number of hydrogen-bond donors (Lipinski definition) is 0. The quantitative estimate of drug-likeness (QED) is 0.549. The van der Waals surface area contributed by atoms with E-state index in [2.05, 4.69) is 9.97 Å². The van der Waals surface area contributed by atoms with Crippen LogP contribution in [-0.4, -0.2) is 23.1 Å². The molecule has 0 spiro atoms. The first-order valence-electron chi connectivity index (χ1n) is 10.2. The van der Waals surface area contributed by atoms with E-state index in [0.29, 0.717) is 18.0 Å². The van der Waals surface area contributed by atoms with Crippen LogP contribution in [0.4, 0.5) is 24.7 Å². The molecule has 1 aromatic carbocycles. The van der Waals surface area contributed by atoms with Crippen molar-refractivity contribution in [1.29, 1.82) is 0 Å². The summed E-state index contributed by atoms with van der Waals surface area (Å²) in [5, 5.41) is 0. The number of anilines is 2. The van der Waals surface area contributed by atoms with Gasteiger partial charge in [0.2, 0.25) is 0 Å². The zero-order valence-electron chi connectivity index (χ0n) is 17.2. The predicted molar refractivity (Wildman–Crippen MR) is 108 cm³/mol. The molecule has 0 N–H and O–H groups in total. The van der Waals surface area contributed by atoms with Crippen LogP contribution in [0.25, 0.3) is 0 Å². The van der Waals surface area contributed by atoms with Crippen molar-refractivity contribution < 1.29 is 17.9 Å². The van der Waals surface area contributed by atoms with E-state index in [4.69, 9.17) is 4.74 Å². The summed E-state index contributed by atoms with van der Waals surface area (Å²) < 4.78 is 46.2. The zero-order chi connectivity index (χ0) is 21.0. The Morgan fingerprint density at radius 1 is 1.14 bits per heavy atom. The van der Waals surface area contributed by atoms with E-state index in [1.165, 1.54) is 42.6 Å². The van der Waals surface area contributed by atoms with Crippen LogP contribution in [0.2, 0.25) is 0 Å². The number of ether oxygens (including phenoxy) is 1. The Hall–Kier alpha value is -2.31. The van der Waals surface area contributed by atoms with Crippen molar-refractivity contribution >= 4 is 11.5 Å². The van der Waals surface area contributed by atoms with Crippen LogP contribution in [0.1, 0.15) is 69.4 Å². The van der Waals surface area contributed by atoms with Gasteiger partial charge in [0.1, 0.15) is 5.56 Å². The molecule has 158 valence electrons. The van der Waals surface area contributed by atoms with Gasteiger partial charge in [-0.2, -0.15) is 18.2 Å². The highest BCUT2D eigenvalue weighted by atomic mass is 19.4. The number of benzene rings is 1. The van der Waals surface area contributed by atoms with Crippen LogP contribution >= 0.6 is 0 Å². The molecule has 1 fully saturated rings. The topological polar surface area (TPSA) is 38.2 Å². The van der Waals surface area contributed by atoms with Crippen molar-refractivity contribution in [2.45, 2.75) is 70.6 Å². The average Bonchev–Trinajstić information content (AvgIpc) is 2.73. The fourth-order valence-electron chi connectivity index (χ4n) is 3.66. The summed E-state index contributed by atoms with van der Waals surface area (Å²) in [5.74, 6) is 0.333. The first-order valence-corrected chi connectivity index (χ1v) is 10.2. The van der Waals surface area contributed by atoms with Crippen LogP contribution in [0.3, 0.4) is 0 Å². The number of aromatic nitrogens is 2. The van der Waals surface area contributed by atoms with E-state index in [-0.39, 0.29) is 17.9 Å². The molecule has 2 aromatic rings. The first kappa shape index (κ1) is 21.4. The second-order valence-corrected chi connectivity index (χ2v) is 7.71. The second kappa shape index (κ2) is 9.01. The van der Waals surface area contributed by atoms with Gasteiger partial charge in [-0.1, -0.05) is 38.3 Å². The second-order valence-electron chi connectivity index (χ2n) is 7.71. The molecule has 4 nitrogen and oxygen atoms in total. The van der Waals surface area contributed by atoms with Crippen molar-refractivity contribution in [3.05, 3.63) is 41.6 Å². The molecule has 0 radical (unpaired) electrons. The Bertz CT molecular complexity index is 802. The van der Waals surface area contributed by atoms with Gasteiger partial charge in [0.05, 0.1) is 6.10 Å². The lowest BCUT2D eigenvalue weighted by Gasteiger charge is -2.25. The molecule has 0 saturated heterocycles. The molecular formula is C22H28F3N3O. The number of rotatable bonds is 6. The summed E-state index contributed by atoms with van der Waals surface area (Å²) in [4.78, 5) is 9.30. The average molecular weight is 407 g/mol. The monoisotopic (exact) mass is 407 g/mol. The Kier molecular flexibility index (Phi) is 6.65. The van der Waals surface area contributed by atoms with Gasteiger partial charge in [0, 0.05) is 18.9 Å². The molecule has 3 rings (SSSR count). The van der Waals surface area contributed by atoms with E-state index >= 15 is 0 Å². The number of nitrogens with zero attached hydrogens (tertiary/aromatic N) is 3. The van der Waals surface area contributed by atoms with Gasteiger partial charge in [0.25, 0.3) is 0 Å². The van der Waals surface area contributed by atoms with Crippen LogP contribution in [0, 0.1) is 0 Å². The smallest absolute Gasteiger partial charge is 0.421 e. The molecule has 0 bridgehead atoms. The summed E-state index contributed by atoms with van der Waals surface area (Å²) in [6.45, 7) is 3.75. The predicted octanol–water partition coefficient (Wildman–Crippen LogP) is 6.49.